The summed E-state index contributed by atoms with van der Waals surface area (Å²) in [4.78, 5) is 28.6. The molecule has 7 heteroatoms. The molecule has 0 unspecified atom stereocenters. The maximum absolute atomic E-state index is 12.2. The van der Waals surface area contributed by atoms with Gasteiger partial charge in [-0.2, -0.15) is 0 Å². The van der Waals surface area contributed by atoms with Crippen molar-refractivity contribution in [2.75, 3.05) is 25.9 Å². The summed E-state index contributed by atoms with van der Waals surface area (Å²) in [6, 6.07) is 1.45. The van der Waals surface area contributed by atoms with E-state index in [2.05, 4.69) is 10.3 Å². The highest BCUT2D eigenvalue weighted by atomic mass is 35.5. The van der Waals surface area contributed by atoms with Gasteiger partial charge in [-0.15, -0.1) is 0 Å². The fraction of sp³-hybridized carbons (Fsp3) is 0.364. The second-order valence-corrected chi connectivity index (χ2v) is 3.96. The van der Waals surface area contributed by atoms with Crippen molar-refractivity contribution >= 4 is 29.1 Å². The summed E-state index contributed by atoms with van der Waals surface area (Å²) in [6.07, 6.45) is 1.37. The number of nitrogens with two attached hydrogens (primary N) is 1. The van der Waals surface area contributed by atoms with Gasteiger partial charge in [0, 0.05) is 13.6 Å². The summed E-state index contributed by atoms with van der Waals surface area (Å²) in [5, 5.41) is 2.53. The number of halogens is 1. The second-order valence-electron chi connectivity index (χ2n) is 3.60. The number of nitrogens with zero attached hydrogens (tertiary/aromatic N) is 2. The molecule has 0 aliphatic heterocycles. The number of amides is 2. The third-order valence-electron chi connectivity index (χ3n) is 2.37. The van der Waals surface area contributed by atoms with Gasteiger partial charge >= 0.3 is 0 Å². The number of carbonyl (C=O) groups excluding carboxylic acids is 2. The smallest absolute Gasteiger partial charge is 0.257 e. The summed E-state index contributed by atoms with van der Waals surface area (Å²) in [6.45, 7) is 2.13. The van der Waals surface area contributed by atoms with E-state index in [1.54, 1.807) is 6.92 Å². The number of carbonyl (C=O) groups is 2. The molecule has 0 aliphatic rings. The summed E-state index contributed by atoms with van der Waals surface area (Å²) >= 11 is 5.85. The lowest BCUT2D eigenvalue weighted by molar-refractivity contribution is -0.121. The van der Waals surface area contributed by atoms with Crippen molar-refractivity contribution in [3.8, 4) is 0 Å². The lowest BCUT2D eigenvalue weighted by atomic mass is 10.2. The van der Waals surface area contributed by atoms with Crippen molar-refractivity contribution < 1.29 is 9.59 Å². The first-order chi connectivity index (χ1) is 8.49. The Balaban J connectivity index is 2.96. The molecule has 1 rings (SSSR count). The first kappa shape index (κ1) is 14.2. The van der Waals surface area contributed by atoms with E-state index in [1.807, 2.05) is 0 Å². The molecule has 0 aliphatic carbocycles. The van der Waals surface area contributed by atoms with Crippen LogP contribution in [0.3, 0.4) is 0 Å². The fourth-order valence-corrected chi connectivity index (χ4v) is 1.55. The average molecular weight is 271 g/mol. The highest BCUT2D eigenvalue weighted by molar-refractivity contribution is 6.32. The van der Waals surface area contributed by atoms with Crippen molar-refractivity contribution in [2.24, 2.45) is 0 Å². The van der Waals surface area contributed by atoms with Crippen LogP contribution in [0, 0.1) is 0 Å². The number of anilines is 1. The van der Waals surface area contributed by atoms with Crippen molar-refractivity contribution in [1.82, 2.24) is 15.2 Å². The third-order valence-corrected chi connectivity index (χ3v) is 2.67. The summed E-state index contributed by atoms with van der Waals surface area (Å²) in [7, 11) is 1.51. The minimum Gasteiger partial charge on any atom is -0.397 e. The monoisotopic (exact) mass is 270 g/mol. The van der Waals surface area contributed by atoms with Crippen LogP contribution in [0.25, 0.3) is 0 Å². The van der Waals surface area contributed by atoms with Crippen molar-refractivity contribution in [1.29, 1.82) is 0 Å². The molecule has 6 nitrogen and oxygen atoms in total. The maximum atomic E-state index is 12.2. The first-order valence-electron chi connectivity index (χ1n) is 5.40. The summed E-state index contributed by atoms with van der Waals surface area (Å²) in [5.74, 6) is -0.621. The molecule has 0 aromatic carbocycles. The van der Waals surface area contributed by atoms with Gasteiger partial charge in [-0.3, -0.25) is 9.59 Å². The number of pyridine rings is 1. The summed E-state index contributed by atoms with van der Waals surface area (Å²) < 4.78 is 0. The van der Waals surface area contributed by atoms with Crippen LogP contribution in [0.4, 0.5) is 5.69 Å². The number of likely N-dealkylation sites (N-methyl/N-ethyl adjacent to an activating group) is 2. The molecule has 3 N–H and O–H groups in total. The molecular weight excluding hydrogens is 256 g/mol. The number of rotatable bonds is 4. The number of hydrogen-bond donors (Lipinski definition) is 2. The molecule has 0 spiro atoms. The Morgan fingerprint density at radius 1 is 1.56 bits per heavy atom. The average Bonchev–Trinajstić information content (AvgIpc) is 2.37. The van der Waals surface area contributed by atoms with E-state index in [4.69, 9.17) is 17.3 Å². The van der Waals surface area contributed by atoms with E-state index in [1.165, 1.54) is 24.2 Å². The van der Waals surface area contributed by atoms with Crippen LogP contribution in [0.15, 0.2) is 12.3 Å². The van der Waals surface area contributed by atoms with Gasteiger partial charge in [0.2, 0.25) is 5.91 Å². The zero-order chi connectivity index (χ0) is 13.7. The third kappa shape index (κ3) is 3.33. The molecule has 0 saturated heterocycles. The first-order valence-corrected chi connectivity index (χ1v) is 5.78. The molecule has 1 aromatic rings. The SMILES string of the molecule is CCN(CC(=O)NC)C(=O)c1cc(N)cnc1Cl. The zero-order valence-electron chi connectivity index (χ0n) is 10.2. The van der Waals surface area contributed by atoms with Gasteiger partial charge < -0.3 is 16.0 Å². The molecule has 98 valence electrons. The van der Waals surface area contributed by atoms with Crippen molar-refractivity contribution in [3.05, 3.63) is 23.0 Å². The molecule has 0 radical (unpaired) electrons. The Morgan fingerprint density at radius 2 is 2.22 bits per heavy atom. The molecule has 1 aromatic heterocycles. The van der Waals surface area contributed by atoms with E-state index in [0.717, 1.165) is 0 Å². The zero-order valence-corrected chi connectivity index (χ0v) is 11.0. The molecule has 0 bridgehead atoms. The fourth-order valence-electron chi connectivity index (χ4n) is 1.36. The minimum absolute atomic E-state index is 0.0308. The second kappa shape index (κ2) is 6.20. The normalized spacial score (nSPS) is 9.94. The number of nitrogens with one attached hydrogen (secondary N) is 1. The molecule has 0 fully saturated rings. The van der Waals surface area contributed by atoms with E-state index >= 15 is 0 Å². The lowest BCUT2D eigenvalue weighted by Crippen LogP contribution is -2.39. The van der Waals surface area contributed by atoms with Crippen LogP contribution < -0.4 is 11.1 Å². The van der Waals surface area contributed by atoms with Crippen molar-refractivity contribution in [3.63, 3.8) is 0 Å². The Kier molecular flexibility index (Phi) is 4.91. The van der Waals surface area contributed by atoms with Gasteiger partial charge in [-0.1, -0.05) is 11.6 Å². The quantitative estimate of drug-likeness (QED) is 0.781. The van der Waals surface area contributed by atoms with E-state index in [0.29, 0.717) is 12.2 Å². The van der Waals surface area contributed by atoms with Gasteiger partial charge in [0.25, 0.3) is 5.91 Å². The van der Waals surface area contributed by atoms with Crippen LogP contribution in [-0.2, 0) is 4.79 Å². The molecule has 18 heavy (non-hydrogen) atoms. The molecule has 0 saturated carbocycles. The Labute approximate surface area is 110 Å². The van der Waals surface area contributed by atoms with Gasteiger partial charge in [-0.05, 0) is 13.0 Å². The minimum atomic E-state index is -0.370. The Hall–Kier alpha value is -1.82. The van der Waals surface area contributed by atoms with Crippen molar-refractivity contribution in [2.45, 2.75) is 6.92 Å². The van der Waals surface area contributed by atoms with Crippen LogP contribution >= 0.6 is 11.6 Å². The largest absolute Gasteiger partial charge is 0.397 e. The lowest BCUT2D eigenvalue weighted by Gasteiger charge is -2.20. The van der Waals surface area contributed by atoms with Crippen LogP contribution in [0.5, 0.6) is 0 Å². The van der Waals surface area contributed by atoms with Gasteiger partial charge in [0.1, 0.15) is 5.15 Å². The number of nitrogen functional groups attached to an aromatic ring is 1. The van der Waals surface area contributed by atoms with E-state index in [-0.39, 0.29) is 29.1 Å². The van der Waals surface area contributed by atoms with Crippen LogP contribution in [0.1, 0.15) is 17.3 Å². The Morgan fingerprint density at radius 3 is 2.78 bits per heavy atom. The Bertz CT molecular complexity index is 464. The van der Waals surface area contributed by atoms with E-state index < -0.39 is 0 Å². The predicted octanol–water partition coefficient (Wildman–Crippen LogP) is 0.525. The molecule has 1 heterocycles. The highest BCUT2D eigenvalue weighted by Gasteiger charge is 2.20. The topological polar surface area (TPSA) is 88.3 Å². The standard InChI is InChI=1S/C11H15ClN4O2/c1-3-16(6-9(17)14-2)11(18)8-4-7(13)5-15-10(8)12/h4-5H,3,6,13H2,1-2H3,(H,14,17). The van der Waals surface area contributed by atoms with Crippen LogP contribution in [-0.4, -0.2) is 41.8 Å². The predicted molar refractivity (Wildman–Crippen MR) is 69.3 cm³/mol. The van der Waals surface area contributed by atoms with Gasteiger partial charge in [0.05, 0.1) is 24.0 Å². The van der Waals surface area contributed by atoms with Gasteiger partial charge in [-0.25, -0.2) is 4.98 Å². The molecular formula is C11H15ClN4O2. The number of aromatic nitrogens is 1. The van der Waals surface area contributed by atoms with Crippen LogP contribution in [0.2, 0.25) is 5.15 Å². The highest BCUT2D eigenvalue weighted by Crippen LogP contribution is 2.17. The maximum Gasteiger partial charge on any atom is 0.257 e. The van der Waals surface area contributed by atoms with Gasteiger partial charge in [0.15, 0.2) is 0 Å². The summed E-state index contributed by atoms with van der Waals surface area (Å²) in [5.41, 5.74) is 6.11. The van der Waals surface area contributed by atoms with E-state index in [9.17, 15) is 9.59 Å². The number of hydrogen-bond acceptors (Lipinski definition) is 4. The molecule has 2 amide bonds. The molecule has 0 atom stereocenters.